The maximum Gasteiger partial charge on any atom is 0.271 e. The van der Waals surface area contributed by atoms with Crippen molar-refractivity contribution >= 4 is 33.4 Å². The van der Waals surface area contributed by atoms with Gasteiger partial charge in [0.2, 0.25) is 0 Å². The van der Waals surface area contributed by atoms with Crippen molar-refractivity contribution < 1.29 is 4.79 Å². The molecule has 0 unspecified atom stereocenters. The van der Waals surface area contributed by atoms with Crippen LogP contribution in [0, 0.1) is 0 Å². The summed E-state index contributed by atoms with van der Waals surface area (Å²) in [7, 11) is 0. The van der Waals surface area contributed by atoms with E-state index in [-0.39, 0.29) is 16.8 Å². The van der Waals surface area contributed by atoms with Gasteiger partial charge >= 0.3 is 0 Å². The molecule has 1 rings (SSSR count). The molecule has 1 N–H and O–H groups in total. The summed E-state index contributed by atoms with van der Waals surface area (Å²) in [5.41, 5.74) is 0.225. The Hall–Kier alpha value is -0.940. The van der Waals surface area contributed by atoms with Gasteiger partial charge in [0.05, 0.1) is 12.4 Å². The molecule has 0 atom stereocenters. The molecule has 0 aliphatic heterocycles. The van der Waals surface area contributed by atoms with Crippen LogP contribution in [0.1, 0.15) is 10.5 Å². The summed E-state index contributed by atoms with van der Waals surface area (Å²) < 4.78 is 0.688. The summed E-state index contributed by atoms with van der Waals surface area (Å²) in [6, 6.07) is 0. The van der Waals surface area contributed by atoms with Gasteiger partial charge in [-0.05, 0) is 0 Å². The van der Waals surface area contributed by atoms with E-state index in [2.05, 4.69) is 37.8 Å². The molecule has 4 nitrogen and oxygen atoms in total. The average Bonchev–Trinajstić information content (AvgIpc) is 2.15. The Labute approximate surface area is 94.5 Å². The number of rotatable bonds is 3. The molecule has 0 saturated carbocycles. The van der Waals surface area contributed by atoms with Crippen LogP contribution >= 0.6 is 27.5 Å². The van der Waals surface area contributed by atoms with Crippen molar-refractivity contribution in [2.24, 2.45) is 0 Å². The number of halogens is 2. The normalized spacial score (nSPS) is 9.57. The van der Waals surface area contributed by atoms with Gasteiger partial charge in [0, 0.05) is 11.0 Å². The first-order valence-electron chi connectivity index (χ1n) is 3.68. The van der Waals surface area contributed by atoms with Gasteiger partial charge in [0.25, 0.3) is 5.91 Å². The van der Waals surface area contributed by atoms with Crippen LogP contribution in [0.2, 0.25) is 5.15 Å². The third-order valence-corrected chi connectivity index (χ3v) is 1.77. The van der Waals surface area contributed by atoms with Crippen LogP contribution in [0.3, 0.4) is 0 Å². The Kier molecular flexibility index (Phi) is 4.03. The summed E-state index contributed by atoms with van der Waals surface area (Å²) in [5.74, 6) is -0.310. The lowest BCUT2D eigenvalue weighted by atomic mass is 10.4. The van der Waals surface area contributed by atoms with E-state index in [1.54, 1.807) is 0 Å². The van der Waals surface area contributed by atoms with E-state index in [0.717, 1.165) is 0 Å². The predicted molar refractivity (Wildman–Crippen MR) is 57.4 cm³/mol. The first-order chi connectivity index (χ1) is 6.59. The number of hydrogen-bond donors (Lipinski definition) is 1. The fourth-order valence-electron chi connectivity index (χ4n) is 0.696. The first-order valence-corrected chi connectivity index (χ1v) is 4.85. The molecule has 14 heavy (non-hydrogen) atoms. The van der Waals surface area contributed by atoms with Crippen molar-refractivity contribution in [1.82, 2.24) is 15.3 Å². The molecule has 1 aromatic heterocycles. The molecule has 0 fully saturated rings. The number of amides is 1. The summed E-state index contributed by atoms with van der Waals surface area (Å²) in [6.07, 6.45) is 2.63. The minimum absolute atomic E-state index is 0.225. The number of nitrogens with one attached hydrogen (secondary N) is 1. The molecule has 0 spiro atoms. The molecule has 1 amide bonds. The molecule has 1 aromatic rings. The van der Waals surface area contributed by atoms with Gasteiger partial charge < -0.3 is 5.32 Å². The van der Waals surface area contributed by atoms with Gasteiger partial charge in [-0.1, -0.05) is 34.1 Å². The quantitative estimate of drug-likeness (QED) is 0.915. The highest BCUT2D eigenvalue weighted by atomic mass is 79.9. The molecule has 0 bridgehead atoms. The third kappa shape index (κ3) is 3.43. The number of carbonyl (C=O) groups is 1. The SMILES string of the molecule is C=C(Br)CNC(=O)c1cnc(Cl)cn1. The van der Waals surface area contributed by atoms with Crippen molar-refractivity contribution in [3.05, 3.63) is 34.3 Å². The monoisotopic (exact) mass is 275 g/mol. The Morgan fingerprint density at radius 1 is 1.57 bits per heavy atom. The van der Waals surface area contributed by atoms with Crippen LogP contribution < -0.4 is 5.32 Å². The van der Waals surface area contributed by atoms with E-state index in [9.17, 15) is 4.79 Å². The van der Waals surface area contributed by atoms with Gasteiger partial charge in [0.15, 0.2) is 0 Å². The molecule has 0 aliphatic rings. The van der Waals surface area contributed by atoms with Gasteiger partial charge in [-0.15, -0.1) is 0 Å². The van der Waals surface area contributed by atoms with E-state index in [4.69, 9.17) is 11.6 Å². The summed E-state index contributed by atoms with van der Waals surface area (Å²) in [6.45, 7) is 3.93. The van der Waals surface area contributed by atoms with Crippen molar-refractivity contribution in [3.8, 4) is 0 Å². The summed E-state index contributed by atoms with van der Waals surface area (Å²) >= 11 is 8.64. The van der Waals surface area contributed by atoms with Crippen LogP contribution in [0.5, 0.6) is 0 Å². The lowest BCUT2D eigenvalue weighted by Gasteiger charge is -2.02. The standard InChI is InChI=1S/C8H7BrClN3O/c1-5(9)2-13-8(14)6-3-12-7(10)4-11-6/h3-4H,1-2H2,(H,13,14). The first kappa shape index (κ1) is 11.1. The van der Waals surface area contributed by atoms with Crippen LogP contribution in [-0.4, -0.2) is 22.4 Å². The largest absolute Gasteiger partial charge is 0.346 e. The van der Waals surface area contributed by atoms with Gasteiger partial charge in [-0.2, -0.15) is 0 Å². The fourth-order valence-corrected chi connectivity index (χ4v) is 0.934. The second-order valence-corrected chi connectivity index (χ2v) is 3.93. The Morgan fingerprint density at radius 2 is 2.29 bits per heavy atom. The second kappa shape index (κ2) is 5.07. The molecule has 0 radical (unpaired) electrons. The highest BCUT2D eigenvalue weighted by Gasteiger charge is 2.06. The highest BCUT2D eigenvalue weighted by Crippen LogP contribution is 2.02. The zero-order valence-corrected chi connectivity index (χ0v) is 9.47. The van der Waals surface area contributed by atoms with E-state index in [1.165, 1.54) is 12.4 Å². The molecule has 74 valence electrons. The van der Waals surface area contributed by atoms with Gasteiger partial charge in [0.1, 0.15) is 10.8 Å². The highest BCUT2D eigenvalue weighted by molar-refractivity contribution is 9.11. The van der Waals surface area contributed by atoms with Crippen molar-refractivity contribution in [1.29, 1.82) is 0 Å². The second-order valence-electron chi connectivity index (χ2n) is 2.42. The molecular weight excluding hydrogens is 269 g/mol. The Bertz CT molecular complexity index is 352. The zero-order chi connectivity index (χ0) is 10.6. The Morgan fingerprint density at radius 3 is 2.79 bits per heavy atom. The minimum atomic E-state index is -0.310. The van der Waals surface area contributed by atoms with Crippen molar-refractivity contribution in [3.63, 3.8) is 0 Å². The maximum atomic E-state index is 11.3. The van der Waals surface area contributed by atoms with E-state index < -0.39 is 0 Å². The number of hydrogen-bond acceptors (Lipinski definition) is 3. The topological polar surface area (TPSA) is 54.9 Å². The number of carbonyl (C=O) groups excluding carboxylic acids is 1. The third-order valence-electron chi connectivity index (χ3n) is 1.29. The van der Waals surface area contributed by atoms with Crippen molar-refractivity contribution in [2.75, 3.05) is 6.54 Å². The lowest BCUT2D eigenvalue weighted by Crippen LogP contribution is -2.25. The van der Waals surface area contributed by atoms with Crippen LogP contribution in [0.15, 0.2) is 23.5 Å². The zero-order valence-electron chi connectivity index (χ0n) is 7.13. The predicted octanol–water partition coefficient (Wildman–Crippen LogP) is 1.77. The van der Waals surface area contributed by atoms with Gasteiger partial charge in [-0.3, -0.25) is 4.79 Å². The summed E-state index contributed by atoms with van der Waals surface area (Å²) in [4.78, 5) is 18.9. The van der Waals surface area contributed by atoms with Crippen molar-refractivity contribution in [2.45, 2.75) is 0 Å². The number of nitrogens with zero attached hydrogens (tertiary/aromatic N) is 2. The lowest BCUT2D eigenvalue weighted by molar-refractivity contribution is 0.0952. The minimum Gasteiger partial charge on any atom is -0.346 e. The van der Waals surface area contributed by atoms with Crippen LogP contribution in [-0.2, 0) is 0 Å². The van der Waals surface area contributed by atoms with E-state index in [0.29, 0.717) is 11.0 Å². The molecule has 0 aromatic carbocycles. The van der Waals surface area contributed by atoms with E-state index >= 15 is 0 Å². The maximum absolute atomic E-state index is 11.3. The van der Waals surface area contributed by atoms with Crippen LogP contribution in [0.25, 0.3) is 0 Å². The number of aromatic nitrogens is 2. The average molecular weight is 277 g/mol. The summed E-state index contributed by atoms with van der Waals surface area (Å²) in [5, 5.41) is 2.84. The molecular formula is C8H7BrClN3O. The van der Waals surface area contributed by atoms with E-state index in [1.807, 2.05) is 0 Å². The smallest absolute Gasteiger partial charge is 0.271 e. The Balaban J connectivity index is 2.61. The van der Waals surface area contributed by atoms with Crippen LogP contribution in [0.4, 0.5) is 0 Å². The molecule has 1 heterocycles. The molecule has 0 saturated heterocycles. The fraction of sp³-hybridized carbons (Fsp3) is 0.125. The molecule has 6 heteroatoms. The van der Waals surface area contributed by atoms with Gasteiger partial charge in [-0.25, -0.2) is 9.97 Å². The molecule has 0 aliphatic carbocycles.